The fraction of sp³-hybridized carbons (Fsp3) is 0.118. The van der Waals surface area contributed by atoms with Gasteiger partial charge in [-0.2, -0.15) is 0 Å². The first-order chi connectivity index (χ1) is 12.2. The van der Waals surface area contributed by atoms with Crippen molar-refractivity contribution < 1.29 is 23.6 Å². The summed E-state index contributed by atoms with van der Waals surface area (Å²) >= 11 is 0. The van der Waals surface area contributed by atoms with Gasteiger partial charge >= 0.3 is 0 Å². The van der Waals surface area contributed by atoms with Gasteiger partial charge in [0, 0.05) is 10.9 Å². The summed E-state index contributed by atoms with van der Waals surface area (Å²) in [5.74, 6) is 0.205. The van der Waals surface area contributed by atoms with Crippen LogP contribution in [0.4, 0.5) is 0 Å². The second kappa shape index (κ2) is 6.16. The summed E-state index contributed by atoms with van der Waals surface area (Å²) in [6.07, 6.45) is -0.0154. The molecule has 0 saturated carbocycles. The van der Waals surface area contributed by atoms with E-state index in [1.165, 1.54) is 0 Å². The number of rotatable bonds is 3. The number of nitrogens with zero attached hydrogens (tertiary/aromatic N) is 1. The van der Waals surface area contributed by atoms with Crippen LogP contribution in [0.2, 0.25) is 0 Å². The lowest BCUT2D eigenvalue weighted by Crippen LogP contribution is -2.42. The molecule has 3 aromatic rings. The molecule has 0 radical (unpaired) electrons. The number of aromatic nitrogens is 1. The molecule has 2 aromatic carbocycles. The van der Waals surface area contributed by atoms with Gasteiger partial charge in [-0.25, -0.2) is 0 Å². The van der Waals surface area contributed by atoms with Crippen molar-refractivity contribution in [1.29, 1.82) is 0 Å². The Morgan fingerprint density at radius 2 is 1.88 bits per heavy atom. The zero-order valence-corrected chi connectivity index (χ0v) is 12.9. The summed E-state index contributed by atoms with van der Waals surface area (Å²) in [4.78, 5) is 24.1. The van der Waals surface area contributed by atoms with Crippen LogP contribution >= 0.6 is 0 Å². The predicted molar refractivity (Wildman–Crippen MR) is 85.9 cm³/mol. The van der Waals surface area contributed by atoms with Gasteiger partial charge in [0.25, 0.3) is 5.91 Å². The third kappa shape index (κ3) is 2.97. The summed E-state index contributed by atoms with van der Waals surface area (Å²) < 4.78 is 15.5. The molecule has 2 N–H and O–H groups in total. The van der Waals surface area contributed by atoms with E-state index in [0.29, 0.717) is 28.3 Å². The predicted octanol–water partition coefficient (Wildman–Crippen LogP) is 1.56. The highest BCUT2D eigenvalue weighted by atomic mass is 16.7. The zero-order valence-electron chi connectivity index (χ0n) is 12.9. The molecule has 2 heterocycles. The Balaban J connectivity index is 1.37. The largest absolute Gasteiger partial charge is 0.454 e. The fourth-order valence-electron chi connectivity index (χ4n) is 2.50. The van der Waals surface area contributed by atoms with E-state index < -0.39 is 11.8 Å². The van der Waals surface area contributed by atoms with Gasteiger partial charge < -0.3 is 14.0 Å². The fourth-order valence-corrected chi connectivity index (χ4v) is 2.50. The Morgan fingerprint density at radius 1 is 1.04 bits per heavy atom. The highest BCUT2D eigenvalue weighted by Crippen LogP contribution is 2.32. The first kappa shape index (κ1) is 15.0. The van der Waals surface area contributed by atoms with E-state index in [-0.39, 0.29) is 13.2 Å². The molecule has 8 nitrogen and oxygen atoms in total. The first-order valence-corrected chi connectivity index (χ1v) is 7.53. The number of para-hydroxylation sites is 1. The second-order valence-electron chi connectivity index (χ2n) is 5.37. The average Bonchev–Trinajstić information content (AvgIpc) is 3.26. The molecule has 25 heavy (non-hydrogen) atoms. The SMILES string of the molecule is O=C(Cc1noc2ccccc12)NNC(=O)c1ccc2c(c1)OCO2. The molecule has 0 bridgehead atoms. The molecule has 1 aliphatic rings. The normalized spacial score (nSPS) is 12.2. The van der Waals surface area contributed by atoms with Crippen molar-refractivity contribution in [3.8, 4) is 11.5 Å². The molecule has 0 aliphatic carbocycles. The number of nitrogens with one attached hydrogen (secondary N) is 2. The van der Waals surface area contributed by atoms with E-state index in [4.69, 9.17) is 14.0 Å². The first-order valence-electron chi connectivity index (χ1n) is 7.53. The van der Waals surface area contributed by atoms with Crippen molar-refractivity contribution in [3.63, 3.8) is 0 Å². The monoisotopic (exact) mass is 339 g/mol. The number of ether oxygens (including phenoxy) is 2. The summed E-state index contributed by atoms with van der Waals surface area (Å²) in [6.45, 7) is 0.128. The number of carbonyl (C=O) groups excluding carboxylic acids is 2. The van der Waals surface area contributed by atoms with Crippen LogP contribution in [0.5, 0.6) is 11.5 Å². The lowest BCUT2D eigenvalue weighted by molar-refractivity contribution is -0.121. The van der Waals surface area contributed by atoms with Crippen LogP contribution in [0.25, 0.3) is 11.0 Å². The molecule has 2 amide bonds. The van der Waals surface area contributed by atoms with Crippen LogP contribution in [0, 0.1) is 0 Å². The van der Waals surface area contributed by atoms with Gasteiger partial charge in [0.1, 0.15) is 5.69 Å². The van der Waals surface area contributed by atoms with Gasteiger partial charge in [0.15, 0.2) is 17.1 Å². The zero-order chi connectivity index (χ0) is 17.2. The number of hydrogen-bond donors (Lipinski definition) is 2. The summed E-state index contributed by atoms with van der Waals surface area (Å²) in [6, 6.07) is 12.0. The Hall–Kier alpha value is -3.55. The van der Waals surface area contributed by atoms with Crippen molar-refractivity contribution in [2.24, 2.45) is 0 Å². The molecule has 0 unspecified atom stereocenters. The molecule has 1 aliphatic heterocycles. The number of hydrazine groups is 1. The number of hydrogen-bond acceptors (Lipinski definition) is 6. The third-order valence-corrected chi connectivity index (χ3v) is 3.73. The van der Waals surface area contributed by atoms with Crippen LogP contribution in [0.15, 0.2) is 47.0 Å². The van der Waals surface area contributed by atoms with E-state index >= 15 is 0 Å². The van der Waals surface area contributed by atoms with Crippen LogP contribution < -0.4 is 20.3 Å². The van der Waals surface area contributed by atoms with Crippen molar-refractivity contribution in [3.05, 3.63) is 53.7 Å². The van der Waals surface area contributed by atoms with Crippen LogP contribution in [0.1, 0.15) is 16.1 Å². The maximum absolute atomic E-state index is 12.1. The molecule has 0 saturated heterocycles. The topological polar surface area (TPSA) is 103 Å². The van der Waals surface area contributed by atoms with E-state index in [1.807, 2.05) is 18.2 Å². The second-order valence-corrected chi connectivity index (χ2v) is 5.37. The Bertz CT molecular complexity index is 966. The summed E-state index contributed by atoms with van der Waals surface area (Å²) in [7, 11) is 0. The maximum atomic E-state index is 12.1. The van der Waals surface area contributed by atoms with E-state index in [9.17, 15) is 9.59 Å². The van der Waals surface area contributed by atoms with Crippen LogP contribution in [0.3, 0.4) is 0 Å². The molecular weight excluding hydrogens is 326 g/mol. The standard InChI is InChI=1S/C17H13N3O5/c21-16(8-12-11-3-1-2-4-13(11)25-20-12)18-19-17(22)10-5-6-14-15(7-10)24-9-23-14/h1-7H,8-9H2,(H,18,21)(H,19,22). The highest BCUT2D eigenvalue weighted by molar-refractivity contribution is 5.96. The van der Waals surface area contributed by atoms with Gasteiger partial charge in [-0.05, 0) is 30.3 Å². The summed E-state index contributed by atoms with van der Waals surface area (Å²) in [5.41, 5.74) is 6.17. The average molecular weight is 339 g/mol. The molecule has 0 spiro atoms. The quantitative estimate of drug-likeness (QED) is 0.702. The van der Waals surface area contributed by atoms with Gasteiger partial charge in [-0.1, -0.05) is 17.3 Å². The lowest BCUT2D eigenvalue weighted by atomic mass is 10.2. The molecular formula is C17H13N3O5. The molecule has 126 valence electrons. The number of carbonyl (C=O) groups is 2. The van der Waals surface area contributed by atoms with Gasteiger partial charge in [0.05, 0.1) is 6.42 Å². The minimum atomic E-state index is -0.461. The smallest absolute Gasteiger partial charge is 0.269 e. The Kier molecular flexibility index (Phi) is 3.70. The van der Waals surface area contributed by atoms with Crippen LogP contribution in [-0.4, -0.2) is 23.8 Å². The summed E-state index contributed by atoms with van der Waals surface area (Å²) in [5, 5.41) is 4.64. The number of benzene rings is 2. The molecule has 0 atom stereocenters. The lowest BCUT2D eigenvalue weighted by Gasteiger charge is -2.07. The van der Waals surface area contributed by atoms with Gasteiger partial charge in [0.2, 0.25) is 12.7 Å². The van der Waals surface area contributed by atoms with Crippen molar-refractivity contribution in [2.45, 2.75) is 6.42 Å². The van der Waals surface area contributed by atoms with Crippen molar-refractivity contribution >= 4 is 22.8 Å². The van der Waals surface area contributed by atoms with Crippen molar-refractivity contribution in [1.82, 2.24) is 16.0 Å². The minimum absolute atomic E-state index is 0.0154. The Labute approximate surface area is 141 Å². The minimum Gasteiger partial charge on any atom is -0.454 e. The van der Waals surface area contributed by atoms with Crippen molar-refractivity contribution in [2.75, 3.05) is 6.79 Å². The third-order valence-electron chi connectivity index (χ3n) is 3.73. The van der Waals surface area contributed by atoms with Gasteiger partial charge in [-0.15, -0.1) is 0 Å². The number of amides is 2. The molecule has 0 fully saturated rings. The van der Waals surface area contributed by atoms with E-state index in [2.05, 4.69) is 16.0 Å². The number of fused-ring (bicyclic) bond motifs is 2. The van der Waals surface area contributed by atoms with Gasteiger partial charge in [-0.3, -0.25) is 20.4 Å². The molecule has 8 heteroatoms. The molecule has 4 rings (SSSR count). The van der Waals surface area contributed by atoms with E-state index in [0.717, 1.165) is 5.39 Å². The Morgan fingerprint density at radius 3 is 2.80 bits per heavy atom. The highest BCUT2D eigenvalue weighted by Gasteiger charge is 2.17. The van der Waals surface area contributed by atoms with E-state index in [1.54, 1.807) is 24.3 Å². The maximum Gasteiger partial charge on any atom is 0.269 e. The molecule has 1 aromatic heterocycles. The van der Waals surface area contributed by atoms with Crippen LogP contribution in [-0.2, 0) is 11.2 Å².